The lowest BCUT2D eigenvalue weighted by Gasteiger charge is -2.30. The number of sulfonamides is 1. The molecule has 40 heavy (non-hydrogen) atoms. The smallest absolute Gasteiger partial charge is 0.286 e. The lowest BCUT2D eigenvalue weighted by molar-refractivity contribution is -0.146. The van der Waals surface area contributed by atoms with Gasteiger partial charge in [-0.2, -0.15) is 4.31 Å². The number of aliphatic hydroxyl groups is 1. The molecule has 2 atom stereocenters. The molecule has 0 unspecified atom stereocenters. The third-order valence-corrected chi connectivity index (χ3v) is 9.04. The quantitative estimate of drug-likeness (QED) is 0.320. The fourth-order valence-electron chi connectivity index (χ4n) is 4.71. The maximum absolute atomic E-state index is 13.2. The standard InChI is InChI=1S/C29H34N2O8S/c1-36-22-8-10-23(11-9-22)40(34,35)31(12-14-32)13-15-37-28-17-21(25-19-38-26-5-3-2-4-24(25)26)16-27(39-28)29(33)30-18-20-6-7-20/h2-5,8-11,16,19-21,28,32H,6-7,12-15,17-18H2,1H3,(H,30,33)/t21-,28+/m1/s1. The fraction of sp³-hybridized carbons (Fsp3) is 0.414. The van der Waals surface area contributed by atoms with E-state index in [0.29, 0.717) is 24.6 Å². The molecule has 0 spiro atoms. The van der Waals surface area contributed by atoms with Crippen molar-refractivity contribution in [1.29, 1.82) is 0 Å². The van der Waals surface area contributed by atoms with Gasteiger partial charge in [0.2, 0.25) is 16.3 Å². The van der Waals surface area contributed by atoms with Crippen molar-refractivity contribution in [3.8, 4) is 5.75 Å². The lowest BCUT2D eigenvalue weighted by atomic mass is 9.92. The van der Waals surface area contributed by atoms with Gasteiger partial charge < -0.3 is 29.1 Å². The van der Waals surface area contributed by atoms with Crippen molar-refractivity contribution in [2.45, 2.75) is 36.4 Å². The minimum Gasteiger partial charge on any atom is -0.497 e. The number of carbonyl (C=O) groups excluding carboxylic acids is 1. The van der Waals surface area contributed by atoms with E-state index in [1.807, 2.05) is 24.3 Å². The van der Waals surface area contributed by atoms with Crippen LogP contribution in [0.4, 0.5) is 0 Å². The van der Waals surface area contributed by atoms with E-state index in [1.165, 1.54) is 19.2 Å². The third kappa shape index (κ3) is 6.49. The molecule has 2 aliphatic rings. The van der Waals surface area contributed by atoms with Crippen LogP contribution in [0.25, 0.3) is 11.0 Å². The lowest BCUT2D eigenvalue weighted by Crippen LogP contribution is -2.38. The third-order valence-electron chi connectivity index (χ3n) is 7.13. The van der Waals surface area contributed by atoms with Crippen LogP contribution in [-0.2, 0) is 24.3 Å². The van der Waals surface area contributed by atoms with Crippen molar-refractivity contribution in [3.05, 3.63) is 72.2 Å². The minimum atomic E-state index is -3.89. The minimum absolute atomic E-state index is 0.00409. The van der Waals surface area contributed by atoms with E-state index in [-0.39, 0.29) is 48.8 Å². The van der Waals surface area contributed by atoms with Crippen LogP contribution in [0.3, 0.4) is 0 Å². The topological polar surface area (TPSA) is 128 Å². The monoisotopic (exact) mass is 570 g/mol. The summed E-state index contributed by atoms with van der Waals surface area (Å²) in [6.45, 7) is 0.140. The molecule has 3 aromatic rings. The van der Waals surface area contributed by atoms with Crippen molar-refractivity contribution in [2.75, 3.05) is 40.0 Å². The van der Waals surface area contributed by atoms with Crippen LogP contribution in [0.15, 0.2) is 75.9 Å². The molecule has 0 bridgehead atoms. The zero-order chi connectivity index (χ0) is 28.1. The molecule has 10 nitrogen and oxygen atoms in total. The van der Waals surface area contributed by atoms with Crippen molar-refractivity contribution >= 4 is 26.9 Å². The van der Waals surface area contributed by atoms with E-state index in [1.54, 1.807) is 24.5 Å². The summed E-state index contributed by atoms with van der Waals surface area (Å²) in [4.78, 5) is 13.0. The summed E-state index contributed by atoms with van der Waals surface area (Å²) in [7, 11) is -2.38. The summed E-state index contributed by atoms with van der Waals surface area (Å²) in [6.07, 6.45) is 5.33. The van der Waals surface area contributed by atoms with Gasteiger partial charge in [-0.25, -0.2) is 8.42 Å². The van der Waals surface area contributed by atoms with E-state index >= 15 is 0 Å². The number of furan rings is 1. The van der Waals surface area contributed by atoms with Gasteiger partial charge >= 0.3 is 0 Å². The number of amides is 1. The highest BCUT2D eigenvalue weighted by Gasteiger charge is 2.32. The van der Waals surface area contributed by atoms with Gasteiger partial charge in [-0.1, -0.05) is 18.2 Å². The molecule has 5 rings (SSSR count). The molecule has 0 radical (unpaired) electrons. The summed E-state index contributed by atoms with van der Waals surface area (Å²) in [5.74, 6) is 0.710. The Morgan fingerprint density at radius 3 is 2.62 bits per heavy atom. The molecule has 0 saturated heterocycles. The van der Waals surface area contributed by atoms with E-state index in [9.17, 15) is 18.3 Å². The molecule has 2 N–H and O–H groups in total. The highest BCUT2D eigenvalue weighted by Crippen LogP contribution is 2.36. The first-order valence-electron chi connectivity index (χ1n) is 13.4. The number of nitrogens with one attached hydrogen (secondary N) is 1. The van der Waals surface area contributed by atoms with E-state index in [4.69, 9.17) is 18.6 Å². The SMILES string of the molecule is COc1ccc(S(=O)(=O)N(CCO)CCO[C@@H]2C[C@H](c3coc4ccccc34)C=C(C(=O)NCC3CC3)O2)cc1. The Kier molecular flexibility index (Phi) is 8.75. The number of hydrogen-bond donors (Lipinski definition) is 2. The summed E-state index contributed by atoms with van der Waals surface area (Å²) in [5.41, 5.74) is 1.67. The number of ether oxygens (including phenoxy) is 3. The number of methoxy groups -OCH3 is 1. The van der Waals surface area contributed by atoms with E-state index in [0.717, 1.165) is 33.7 Å². The van der Waals surface area contributed by atoms with Crippen molar-refractivity contribution in [1.82, 2.24) is 9.62 Å². The van der Waals surface area contributed by atoms with Gasteiger partial charge in [-0.3, -0.25) is 4.79 Å². The largest absolute Gasteiger partial charge is 0.497 e. The van der Waals surface area contributed by atoms with Crippen LogP contribution in [0.2, 0.25) is 0 Å². The number of benzene rings is 2. The Morgan fingerprint density at radius 1 is 1.12 bits per heavy atom. The Morgan fingerprint density at radius 2 is 1.90 bits per heavy atom. The Balaban J connectivity index is 1.29. The molecule has 1 saturated carbocycles. The molecule has 1 aromatic heterocycles. The van der Waals surface area contributed by atoms with Gasteiger partial charge in [0.1, 0.15) is 11.3 Å². The van der Waals surface area contributed by atoms with E-state index < -0.39 is 16.3 Å². The van der Waals surface area contributed by atoms with Crippen LogP contribution < -0.4 is 10.1 Å². The molecule has 1 aliphatic carbocycles. The van der Waals surface area contributed by atoms with Crippen LogP contribution in [0.1, 0.15) is 30.7 Å². The average molecular weight is 571 g/mol. The van der Waals surface area contributed by atoms with Crippen LogP contribution in [0, 0.1) is 5.92 Å². The first kappa shape index (κ1) is 28.2. The number of allylic oxidation sites excluding steroid dienone is 1. The number of hydrogen-bond acceptors (Lipinski definition) is 8. The van der Waals surface area contributed by atoms with Gasteiger partial charge in [-0.05, 0) is 55.2 Å². The molecule has 11 heteroatoms. The Labute approximate surface area is 233 Å². The van der Waals surface area contributed by atoms with Gasteiger partial charge in [0.25, 0.3) is 5.91 Å². The zero-order valence-corrected chi connectivity index (χ0v) is 23.1. The number of nitrogens with zero attached hydrogens (tertiary/aromatic N) is 1. The molecular formula is C29H34N2O8S. The molecular weight excluding hydrogens is 536 g/mol. The first-order chi connectivity index (χ1) is 19.4. The summed E-state index contributed by atoms with van der Waals surface area (Å²) < 4.78 is 50.4. The van der Waals surface area contributed by atoms with Gasteiger partial charge in [0.05, 0.1) is 31.5 Å². The Hall–Kier alpha value is -3.38. The number of aliphatic hydroxyl groups excluding tert-OH is 1. The van der Waals surface area contributed by atoms with Crippen LogP contribution in [0.5, 0.6) is 5.75 Å². The molecule has 214 valence electrons. The molecule has 1 aliphatic heterocycles. The summed E-state index contributed by atoms with van der Waals surface area (Å²) >= 11 is 0. The van der Waals surface area contributed by atoms with E-state index in [2.05, 4.69) is 5.32 Å². The van der Waals surface area contributed by atoms with Gasteiger partial charge in [-0.15, -0.1) is 0 Å². The second kappa shape index (κ2) is 12.4. The second-order valence-corrected chi connectivity index (χ2v) is 11.9. The number of para-hydroxylation sites is 1. The van der Waals surface area contributed by atoms with Crippen molar-refractivity contribution in [2.24, 2.45) is 5.92 Å². The van der Waals surface area contributed by atoms with Crippen LogP contribution in [-0.4, -0.2) is 70.0 Å². The zero-order valence-electron chi connectivity index (χ0n) is 22.3. The predicted molar refractivity (Wildman–Crippen MR) is 147 cm³/mol. The van der Waals surface area contributed by atoms with Gasteiger partial charge in [0, 0.05) is 42.9 Å². The first-order valence-corrected chi connectivity index (χ1v) is 14.8. The highest BCUT2D eigenvalue weighted by atomic mass is 32.2. The van der Waals surface area contributed by atoms with Gasteiger partial charge in [0.15, 0.2) is 5.76 Å². The second-order valence-electron chi connectivity index (χ2n) is 9.94. The normalized spacial score (nSPS) is 19.3. The maximum Gasteiger partial charge on any atom is 0.286 e. The highest BCUT2D eigenvalue weighted by molar-refractivity contribution is 7.89. The Bertz CT molecular complexity index is 1450. The fourth-order valence-corrected chi connectivity index (χ4v) is 6.13. The average Bonchev–Trinajstić information content (AvgIpc) is 3.71. The number of carbonyl (C=O) groups is 1. The van der Waals surface area contributed by atoms with Crippen molar-refractivity contribution < 1.29 is 36.9 Å². The summed E-state index contributed by atoms with van der Waals surface area (Å²) in [6, 6.07) is 13.7. The maximum atomic E-state index is 13.2. The molecule has 2 aromatic carbocycles. The number of rotatable bonds is 13. The number of fused-ring (bicyclic) bond motifs is 1. The molecule has 1 fully saturated rings. The molecule has 1 amide bonds. The predicted octanol–water partition coefficient (Wildman–Crippen LogP) is 3.38. The van der Waals surface area contributed by atoms with Crippen molar-refractivity contribution in [3.63, 3.8) is 0 Å². The molecule has 2 heterocycles. The summed E-state index contributed by atoms with van der Waals surface area (Å²) in [5, 5.41) is 13.4. The van der Waals surface area contributed by atoms with Crippen LogP contribution >= 0.6 is 0 Å².